The first-order valence-corrected chi connectivity index (χ1v) is 6.06. The van der Waals surface area contributed by atoms with Gasteiger partial charge in [0.2, 0.25) is 0 Å². The Hall–Kier alpha value is -1.43. The minimum atomic E-state index is -0.598. The standard InChI is InChI=1S/C11H5Cl3FN3O/c12-6-3-5(15)4-7(13)10(6)16-11(19)8-1-2-9(14)18-17-8/h1-4H,(H,16,19). The molecule has 0 fully saturated rings. The lowest BCUT2D eigenvalue weighted by molar-refractivity contribution is 0.102. The Balaban J connectivity index is 2.26. The van der Waals surface area contributed by atoms with Crippen LogP contribution in [0.3, 0.4) is 0 Å². The maximum Gasteiger partial charge on any atom is 0.276 e. The van der Waals surface area contributed by atoms with Gasteiger partial charge in [-0.15, -0.1) is 10.2 Å². The fourth-order valence-electron chi connectivity index (χ4n) is 1.28. The summed E-state index contributed by atoms with van der Waals surface area (Å²) in [6, 6.07) is 4.88. The van der Waals surface area contributed by atoms with E-state index in [0.717, 1.165) is 12.1 Å². The molecule has 0 atom stereocenters. The number of nitrogens with one attached hydrogen (secondary N) is 1. The van der Waals surface area contributed by atoms with Crippen molar-refractivity contribution in [2.24, 2.45) is 0 Å². The zero-order valence-electron chi connectivity index (χ0n) is 9.12. The summed E-state index contributed by atoms with van der Waals surface area (Å²) >= 11 is 17.1. The zero-order valence-corrected chi connectivity index (χ0v) is 11.4. The highest BCUT2D eigenvalue weighted by Gasteiger charge is 2.14. The van der Waals surface area contributed by atoms with Crippen LogP contribution in [-0.2, 0) is 0 Å². The van der Waals surface area contributed by atoms with E-state index in [2.05, 4.69) is 15.5 Å². The Bertz CT molecular complexity index is 611. The summed E-state index contributed by atoms with van der Waals surface area (Å²) in [5.41, 5.74) is 0.132. The van der Waals surface area contributed by atoms with Crippen LogP contribution in [0.2, 0.25) is 15.2 Å². The zero-order chi connectivity index (χ0) is 14.0. The summed E-state index contributed by atoms with van der Waals surface area (Å²) in [5, 5.41) is 9.69. The molecule has 0 aliphatic heterocycles. The minimum absolute atomic E-state index is 0.0136. The van der Waals surface area contributed by atoms with Crippen LogP contribution < -0.4 is 5.32 Å². The molecule has 1 heterocycles. The third kappa shape index (κ3) is 3.32. The molecule has 8 heteroatoms. The lowest BCUT2D eigenvalue weighted by atomic mass is 10.3. The van der Waals surface area contributed by atoms with Crippen LogP contribution in [0, 0.1) is 5.82 Å². The quantitative estimate of drug-likeness (QED) is 0.915. The number of amides is 1. The highest BCUT2D eigenvalue weighted by molar-refractivity contribution is 6.40. The molecule has 0 aliphatic rings. The summed E-state index contributed by atoms with van der Waals surface area (Å²) in [6.07, 6.45) is 0. The molecule has 98 valence electrons. The molecule has 0 unspecified atom stereocenters. The Morgan fingerprint density at radius 3 is 2.26 bits per heavy atom. The summed E-state index contributed by atoms with van der Waals surface area (Å²) in [5.74, 6) is -1.18. The lowest BCUT2D eigenvalue weighted by Gasteiger charge is -2.08. The number of rotatable bonds is 2. The summed E-state index contributed by atoms with van der Waals surface area (Å²) in [7, 11) is 0. The number of hydrogen-bond donors (Lipinski definition) is 1. The number of benzene rings is 1. The van der Waals surface area contributed by atoms with E-state index in [-0.39, 0.29) is 26.6 Å². The Morgan fingerprint density at radius 1 is 1.11 bits per heavy atom. The molecule has 4 nitrogen and oxygen atoms in total. The molecule has 19 heavy (non-hydrogen) atoms. The van der Waals surface area contributed by atoms with Gasteiger partial charge in [0.1, 0.15) is 5.82 Å². The van der Waals surface area contributed by atoms with Gasteiger partial charge in [-0.2, -0.15) is 0 Å². The second kappa shape index (κ2) is 5.69. The second-order valence-corrected chi connectivity index (χ2v) is 4.64. The summed E-state index contributed by atoms with van der Waals surface area (Å²) < 4.78 is 13.0. The number of halogens is 4. The van der Waals surface area contributed by atoms with Crippen LogP contribution in [0.1, 0.15) is 10.5 Å². The molecule has 0 bridgehead atoms. The minimum Gasteiger partial charge on any atom is -0.318 e. The molecule has 2 aromatic rings. The maximum atomic E-state index is 13.0. The molecule has 0 radical (unpaired) electrons. The number of hydrogen-bond acceptors (Lipinski definition) is 3. The molecule has 0 saturated carbocycles. The smallest absolute Gasteiger partial charge is 0.276 e. The topological polar surface area (TPSA) is 54.9 Å². The first kappa shape index (κ1) is 14.0. The van der Waals surface area contributed by atoms with Gasteiger partial charge in [0.05, 0.1) is 15.7 Å². The van der Waals surface area contributed by atoms with Crippen molar-refractivity contribution in [2.45, 2.75) is 0 Å². The van der Waals surface area contributed by atoms with Crippen LogP contribution in [-0.4, -0.2) is 16.1 Å². The van der Waals surface area contributed by atoms with E-state index in [0.29, 0.717) is 0 Å². The fourth-order valence-corrected chi connectivity index (χ4v) is 1.93. The van der Waals surface area contributed by atoms with E-state index in [1.807, 2.05) is 0 Å². The Morgan fingerprint density at radius 2 is 1.74 bits per heavy atom. The van der Waals surface area contributed by atoms with Crippen LogP contribution in [0.4, 0.5) is 10.1 Å². The maximum absolute atomic E-state index is 13.0. The van der Waals surface area contributed by atoms with Crippen molar-refractivity contribution in [3.8, 4) is 0 Å². The first-order chi connectivity index (χ1) is 8.97. The number of carbonyl (C=O) groups is 1. The first-order valence-electron chi connectivity index (χ1n) is 4.92. The molecule has 0 spiro atoms. The van der Waals surface area contributed by atoms with Crippen molar-refractivity contribution in [3.63, 3.8) is 0 Å². The van der Waals surface area contributed by atoms with Crippen molar-refractivity contribution < 1.29 is 9.18 Å². The highest BCUT2D eigenvalue weighted by atomic mass is 35.5. The van der Waals surface area contributed by atoms with Crippen molar-refractivity contribution in [1.82, 2.24) is 10.2 Å². The molecular formula is C11H5Cl3FN3O. The van der Waals surface area contributed by atoms with E-state index >= 15 is 0 Å². The molecule has 1 amide bonds. The van der Waals surface area contributed by atoms with E-state index < -0.39 is 11.7 Å². The largest absolute Gasteiger partial charge is 0.318 e. The average molecular weight is 321 g/mol. The monoisotopic (exact) mass is 319 g/mol. The van der Waals surface area contributed by atoms with Crippen molar-refractivity contribution in [2.75, 3.05) is 5.32 Å². The van der Waals surface area contributed by atoms with Gasteiger partial charge in [0, 0.05) is 0 Å². The van der Waals surface area contributed by atoms with Crippen LogP contribution >= 0.6 is 34.8 Å². The molecule has 1 aromatic carbocycles. The normalized spacial score (nSPS) is 10.3. The van der Waals surface area contributed by atoms with Gasteiger partial charge < -0.3 is 5.32 Å². The van der Waals surface area contributed by atoms with E-state index in [1.54, 1.807) is 0 Å². The number of nitrogens with zero attached hydrogens (tertiary/aromatic N) is 2. The fraction of sp³-hybridized carbons (Fsp3) is 0. The van der Waals surface area contributed by atoms with Gasteiger partial charge in [-0.05, 0) is 24.3 Å². The third-order valence-electron chi connectivity index (χ3n) is 2.11. The van der Waals surface area contributed by atoms with Crippen LogP contribution in [0.25, 0.3) is 0 Å². The van der Waals surface area contributed by atoms with Crippen molar-refractivity contribution in [1.29, 1.82) is 0 Å². The van der Waals surface area contributed by atoms with Gasteiger partial charge in [-0.25, -0.2) is 4.39 Å². The molecule has 2 rings (SSSR count). The molecule has 0 aliphatic carbocycles. The lowest BCUT2D eigenvalue weighted by Crippen LogP contribution is -2.15. The van der Waals surface area contributed by atoms with Gasteiger partial charge in [0.15, 0.2) is 10.8 Å². The van der Waals surface area contributed by atoms with Gasteiger partial charge in [-0.1, -0.05) is 34.8 Å². The van der Waals surface area contributed by atoms with Crippen LogP contribution in [0.15, 0.2) is 24.3 Å². The van der Waals surface area contributed by atoms with Gasteiger partial charge >= 0.3 is 0 Å². The van der Waals surface area contributed by atoms with Crippen molar-refractivity contribution >= 4 is 46.4 Å². The van der Waals surface area contributed by atoms with E-state index in [9.17, 15) is 9.18 Å². The molecule has 1 aromatic heterocycles. The van der Waals surface area contributed by atoms with Crippen molar-refractivity contribution in [3.05, 3.63) is 51.0 Å². The van der Waals surface area contributed by atoms with Crippen LogP contribution in [0.5, 0.6) is 0 Å². The Kier molecular flexibility index (Phi) is 4.19. The van der Waals surface area contributed by atoms with Gasteiger partial charge in [0.25, 0.3) is 5.91 Å². The third-order valence-corrected chi connectivity index (χ3v) is 2.91. The molecule has 0 saturated heterocycles. The summed E-state index contributed by atoms with van der Waals surface area (Å²) in [6.45, 7) is 0. The number of aromatic nitrogens is 2. The predicted molar refractivity (Wildman–Crippen MR) is 71.4 cm³/mol. The van der Waals surface area contributed by atoms with E-state index in [4.69, 9.17) is 34.8 Å². The molecular weight excluding hydrogens is 315 g/mol. The summed E-state index contributed by atoms with van der Waals surface area (Å²) in [4.78, 5) is 11.8. The average Bonchev–Trinajstić information content (AvgIpc) is 2.34. The number of carbonyl (C=O) groups excluding carboxylic acids is 1. The SMILES string of the molecule is O=C(Nc1c(Cl)cc(F)cc1Cl)c1ccc(Cl)nn1. The number of anilines is 1. The predicted octanol–water partition coefficient (Wildman–Crippen LogP) is 3.83. The Labute approximate surface area is 122 Å². The molecule has 1 N–H and O–H groups in total. The second-order valence-electron chi connectivity index (χ2n) is 3.44. The van der Waals surface area contributed by atoms with E-state index in [1.165, 1.54) is 12.1 Å². The highest BCUT2D eigenvalue weighted by Crippen LogP contribution is 2.31. The van der Waals surface area contributed by atoms with Gasteiger partial charge in [-0.3, -0.25) is 4.79 Å².